The fourth-order valence-corrected chi connectivity index (χ4v) is 5.65. The lowest BCUT2D eigenvalue weighted by atomic mass is 10.1. The standard InChI is InChI=1S/C30H27BrFN5O3/c1-35-28(37-12-11-27(38)34-30(37)39)14-33-29(35)20-7-8-21-16-36(17-22(21)13-20)15-19-5-9-23(10-6-19)40-18-24-25(31)3-2-4-26(24)32/h2-10,13-14H,11-12,15-18H2,1H3,(H,34,38,39). The normalized spacial score (nSPS) is 15.3. The molecule has 0 aliphatic carbocycles. The molecular formula is C30H27BrFN5O3. The van der Waals surface area contributed by atoms with Crippen molar-refractivity contribution >= 4 is 33.7 Å². The molecule has 3 heterocycles. The van der Waals surface area contributed by atoms with Crippen molar-refractivity contribution in [3.8, 4) is 17.1 Å². The summed E-state index contributed by atoms with van der Waals surface area (Å²) >= 11 is 3.38. The first-order valence-corrected chi connectivity index (χ1v) is 13.8. The third-order valence-electron chi connectivity index (χ3n) is 7.32. The summed E-state index contributed by atoms with van der Waals surface area (Å²) in [6, 6.07) is 18.8. The summed E-state index contributed by atoms with van der Waals surface area (Å²) < 4.78 is 22.4. The van der Waals surface area contributed by atoms with E-state index in [-0.39, 0.29) is 24.8 Å². The molecule has 1 aromatic heterocycles. The van der Waals surface area contributed by atoms with Crippen LogP contribution in [-0.4, -0.2) is 32.9 Å². The van der Waals surface area contributed by atoms with Crippen LogP contribution in [-0.2, 0) is 38.1 Å². The fraction of sp³-hybridized carbons (Fsp3) is 0.233. The Bertz CT molecular complexity index is 1580. The molecule has 3 aromatic carbocycles. The SMILES string of the molecule is Cn1c(N2CCC(=O)NC2=O)cnc1-c1ccc2c(c1)CN(Cc1ccc(OCc3c(F)cccc3Br)cc1)C2. The lowest BCUT2D eigenvalue weighted by Crippen LogP contribution is -2.50. The molecule has 2 aliphatic heterocycles. The van der Waals surface area contributed by atoms with Gasteiger partial charge in [0.2, 0.25) is 5.91 Å². The van der Waals surface area contributed by atoms with Gasteiger partial charge in [0.15, 0.2) is 0 Å². The number of rotatable bonds is 7. The number of hydrogen-bond donors (Lipinski definition) is 1. The van der Waals surface area contributed by atoms with Crippen LogP contribution in [0.4, 0.5) is 15.0 Å². The van der Waals surface area contributed by atoms with Crippen molar-refractivity contribution in [1.82, 2.24) is 19.8 Å². The Morgan fingerprint density at radius 1 is 1.05 bits per heavy atom. The lowest BCUT2D eigenvalue weighted by Gasteiger charge is -2.26. The van der Waals surface area contributed by atoms with Gasteiger partial charge in [0.25, 0.3) is 0 Å². The van der Waals surface area contributed by atoms with E-state index in [1.807, 2.05) is 35.9 Å². The van der Waals surface area contributed by atoms with Crippen LogP contribution >= 0.6 is 15.9 Å². The molecule has 0 bridgehead atoms. The topological polar surface area (TPSA) is 79.7 Å². The van der Waals surface area contributed by atoms with Gasteiger partial charge in [0.05, 0.1) is 6.20 Å². The number of nitrogens with one attached hydrogen (secondary N) is 1. The molecule has 204 valence electrons. The predicted octanol–water partition coefficient (Wildman–Crippen LogP) is 5.53. The van der Waals surface area contributed by atoms with Crippen LogP contribution in [0.1, 0.15) is 28.7 Å². The molecule has 0 unspecified atom stereocenters. The number of halogens is 2. The highest BCUT2D eigenvalue weighted by atomic mass is 79.9. The predicted molar refractivity (Wildman–Crippen MR) is 152 cm³/mol. The Morgan fingerprint density at radius 2 is 1.85 bits per heavy atom. The average Bonchev–Trinajstić information content (AvgIpc) is 3.51. The van der Waals surface area contributed by atoms with Crippen molar-refractivity contribution in [1.29, 1.82) is 0 Å². The van der Waals surface area contributed by atoms with E-state index in [0.29, 0.717) is 28.1 Å². The highest BCUT2D eigenvalue weighted by Gasteiger charge is 2.27. The van der Waals surface area contributed by atoms with Gasteiger partial charge < -0.3 is 9.30 Å². The molecule has 8 nitrogen and oxygen atoms in total. The minimum Gasteiger partial charge on any atom is -0.489 e. The van der Waals surface area contributed by atoms with E-state index in [1.54, 1.807) is 23.2 Å². The molecule has 2 aliphatic rings. The number of urea groups is 1. The van der Waals surface area contributed by atoms with Crippen LogP contribution in [0.25, 0.3) is 11.4 Å². The first-order chi connectivity index (χ1) is 19.4. The molecule has 40 heavy (non-hydrogen) atoms. The van der Waals surface area contributed by atoms with Crippen LogP contribution in [0.5, 0.6) is 5.75 Å². The van der Waals surface area contributed by atoms with Gasteiger partial charge in [-0.3, -0.25) is 19.9 Å². The number of benzene rings is 3. The number of ether oxygens (including phenoxy) is 1. The van der Waals surface area contributed by atoms with Gasteiger partial charge in [0, 0.05) is 55.2 Å². The van der Waals surface area contributed by atoms with E-state index in [4.69, 9.17) is 4.74 Å². The Morgan fingerprint density at radius 3 is 2.62 bits per heavy atom. The minimum atomic E-state index is -0.423. The zero-order chi connectivity index (χ0) is 27.8. The van der Waals surface area contributed by atoms with Gasteiger partial charge in [-0.25, -0.2) is 14.2 Å². The van der Waals surface area contributed by atoms with E-state index < -0.39 is 6.03 Å². The van der Waals surface area contributed by atoms with Crippen LogP contribution in [0.15, 0.2) is 71.3 Å². The molecule has 0 saturated carbocycles. The molecule has 6 rings (SSSR count). The molecule has 1 fully saturated rings. The van der Waals surface area contributed by atoms with Gasteiger partial charge in [-0.15, -0.1) is 0 Å². The Hall–Kier alpha value is -4.02. The molecule has 0 spiro atoms. The monoisotopic (exact) mass is 603 g/mol. The Labute approximate surface area is 239 Å². The van der Waals surface area contributed by atoms with Crippen LogP contribution in [0, 0.1) is 5.82 Å². The molecule has 1 N–H and O–H groups in total. The quantitative estimate of drug-likeness (QED) is 0.300. The van der Waals surface area contributed by atoms with Crippen molar-refractivity contribution in [3.05, 3.63) is 99.4 Å². The lowest BCUT2D eigenvalue weighted by molar-refractivity contribution is -0.120. The number of amides is 3. The van der Waals surface area contributed by atoms with Crippen molar-refractivity contribution < 1.29 is 18.7 Å². The number of hydrogen-bond acceptors (Lipinski definition) is 5. The van der Waals surface area contributed by atoms with Crippen LogP contribution in [0.2, 0.25) is 0 Å². The van der Waals surface area contributed by atoms with E-state index in [1.165, 1.54) is 22.8 Å². The summed E-state index contributed by atoms with van der Waals surface area (Å²) in [5, 5.41) is 2.36. The first kappa shape index (κ1) is 26.2. The second-order valence-electron chi connectivity index (χ2n) is 10.0. The third-order valence-corrected chi connectivity index (χ3v) is 8.06. The smallest absolute Gasteiger partial charge is 0.329 e. The van der Waals surface area contributed by atoms with Gasteiger partial charge in [0.1, 0.15) is 29.8 Å². The third kappa shape index (κ3) is 5.24. The zero-order valence-electron chi connectivity index (χ0n) is 21.9. The summed E-state index contributed by atoms with van der Waals surface area (Å²) in [4.78, 5) is 32.3. The van der Waals surface area contributed by atoms with E-state index in [2.05, 4.69) is 49.3 Å². The van der Waals surface area contributed by atoms with E-state index >= 15 is 0 Å². The number of nitrogens with zero attached hydrogens (tertiary/aromatic N) is 4. The number of imide groups is 1. The van der Waals surface area contributed by atoms with Crippen molar-refractivity contribution in [2.75, 3.05) is 11.4 Å². The van der Waals surface area contributed by atoms with Crippen molar-refractivity contribution in [2.24, 2.45) is 7.05 Å². The zero-order valence-corrected chi connectivity index (χ0v) is 23.4. The maximum Gasteiger partial charge on any atom is 0.329 e. The second-order valence-corrected chi connectivity index (χ2v) is 10.9. The minimum absolute atomic E-state index is 0.152. The molecule has 10 heteroatoms. The summed E-state index contributed by atoms with van der Waals surface area (Å²) in [5.74, 6) is 1.55. The molecule has 0 atom stereocenters. The second kappa shape index (κ2) is 10.9. The van der Waals surface area contributed by atoms with Gasteiger partial charge in [-0.05, 0) is 47.0 Å². The number of carbonyl (C=O) groups excluding carboxylic acids is 2. The summed E-state index contributed by atoms with van der Waals surface area (Å²) in [6.07, 6.45) is 1.94. The maximum atomic E-state index is 14.1. The number of imidazole rings is 1. The van der Waals surface area contributed by atoms with Crippen molar-refractivity contribution in [3.63, 3.8) is 0 Å². The largest absolute Gasteiger partial charge is 0.489 e. The van der Waals surface area contributed by atoms with Gasteiger partial charge in [-0.2, -0.15) is 0 Å². The maximum absolute atomic E-state index is 14.1. The highest BCUT2D eigenvalue weighted by molar-refractivity contribution is 9.10. The molecular weight excluding hydrogens is 577 g/mol. The van der Waals surface area contributed by atoms with Gasteiger partial charge in [-0.1, -0.05) is 46.3 Å². The first-order valence-electron chi connectivity index (χ1n) is 13.0. The van der Waals surface area contributed by atoms with E-state index in [9.17, 15) is 14.0 Å². The molecule has 4 aromatic rings. The summed E-state index contributed by atoms with van der Waals surface area (Å²) in [7, 11) is 1.88. The Kier molecular flexibility index (Phi) is 7.12. The number of aromatic nitrogens is 2. The number of fused-ring (bicyclic) bond motifs is 1. The Balaban J connectivity index is 1.09. The van der Waals surface area contributed by atoms with Crippen LogP contribution < -0.4 is 15.0 Å². The summed E-state index contributed by atoms with van der Waals surface area (Å²) in [6.45, 7) is 2.94. The van der Waals surface area contributed by atoms with Crippen molar-refractivity contribution in [2.45, 2.75) is 32.7 Å². The molecule has 0 radical (unpaired) electrons. The number of anilines is 1. The van der Waals surface area contributed by atoms with Crippen LogP contribution in [0.3, 0.4) is 0 Å². The molecule has 3 amide bonds. The number of carbonyl (C=O) groups is 2. The van der Waals surface area contributed by atoms with Gasteiger partial charge >= 0.3 is 6.03 Å². The average molecular weight is 604 g/mol. The highest BCUT2D eigenvalue weighted by Crippen LogP contribution is 2.31. The summed E-state index contributed by atoms with van der Waals surface area (Å²) in [5.41, 5.74) is 5.17. The fourth-order valence-electron chi connectivity index (χ4n) is 5.19. The molecule has 1 saturated heterocycles. The van der Waals surface area contributed by atoms with E-state index in [0.717, 1.165) is 31.0 Å².